The van der Waals surface area contributed by atoms with Crippen molar-refractivity contribution >= 4 is 38.2 Å². The number of benzene rings is 2. The smallest absolute Gasteiger partial charge is 0.234 e. The highest BCUT2D eigenvalue weighted by atomic mass is 35.5. The van der Waals surface area contributed by atoms with Crippen molar-refractivity contribution < 1.29 is 13.2 Å². The quantitative estimate of drug-likeness (QED) is 0.608. The number of carbonyl (C=O) groups excluding carboxylic acids is 1. The third-order valence-corrected chi connectivity index (χ3v) is 8.84. The van der Waals surface area contributed by atoms with Crippen LogP contribution in [0.25, 0.3) is 10.9 Å². The van der Waals surface area contributed by atoms with E-state index in [-0.39, 0.29) is 42.0 Å². The number of aromatic nitrogens is 1. The van der Waals surface area contributed by atoms with Crippen molar-refractivity contribution in [2.24, 2.45) is 0 Å². The zero-order valence-electron chi connectivity index (χ0n) is 17.8. The number of hydrogen-bond donors (Lipinski definition) is 2. The van der Waals surface area contributed by atoms with E-state index in [4.69, 9.17) is 11.6 Å². The van der Waals surface area contributed by atoms with Crippen LogP contribution in [0.15, 0.2) is 48.5 Å². The number of aromatic amines is 1. The van der Waals surface area contributed by atoms with Gasteiger partial charge in [-0.3, -0.25) is 9.69 Å². The van der Waals surface area contributed by atoms with Gasteiger partial charge in [-0.15, -0.1) is 0 Å². The number of amides is 1. The fourth-order valence-corrected chi connectivity index (χ4v) is 7.08. The molecule has 32 heavy (non-hydrogen) atoms. The van der Waals surface area contributed by atoms with Crippen LogP contribution in [-0.2, 0) is 14.6 Å². The molecular formula is C24H26ClN3O3S. The molecule has 1 saturated heterocycles. The Morgan fingerprint density at radius 1 is 1.19 bits per heavy atom. The molecule has 2 aromatic carbocycles. The summed E-state index contributed by atoms with van der Waals surface area (Å²) in [4.78, 5) is 18.6. The minimum absolute atomic E-state index is 0.00852. The first kappa shape index (κ1) is 21.5. The van der Waals surface area contributed by atoms with Gasteiger partial charge in [-0.25, -0.2) is 8.42 Å². The van der Waals surface area contributed by atoms with Crippen LogP contribution in [0.3, 0.4) is 0 Å². The second kappa shape index (κ2) is 8.21. The molecule has 0 bridgehead atoms. The van der Waals surface area contributed by atoms with E-state index in [1.807, 2.05) is 30.3 Å². The Kier molecular flexibility index (Phi) is 5.51. The molecule has 3 heterocycles. The van der Waals surface area contributed by atoms with E-state index in [1.165, 1.54) is 10.9 Å². The van der Waals surface area contributed by atoms with E-state index in [1.54, 1.807) is 0 Å². The molecule has 1 aromatic heterocycles. The number of carbonyl (C=O) groups is 1. The number of nitrogens with zero attached hydrogens (tertiary/aromatic N) is 1. The molecule has 0 radical (unpaired) electrons. The molecule has 1 fully saturated rings. The average Bonchev–Trinajstić information content (AvgIpc) is 3.30. The fraction of sp³-hybridized carbons (Fsp3) is 0.375. The van der Waals surface area contributed by atoms with Gasteiger partial charge in [0.25, 0.3) is 0 Å². The highest BCUT2D eigenvalue weighted by molar-refractivity contribution is 7.91. The lowest BCUT2D eigenvalue weighted by Crippen LogP contribution is -2.46. The van der Waals surface area contributed by atoms with Gasteiger partial charge < -0.3 is 10.3 Å². The standard InChI is InChI=1S/C24H26ClN3O3S/c1-15-24-23(18-7-3-5-9-21(18)27-24)19(17-6-2-4-8-20(17)25)12-28(15)13-22(29)26-16-10-11-32(30,31)14-16/h2-9,15-16,19,27H,10-14H2,1H3,(H,26,29). The number of fused-ring (bicyclic) bond motifs is 3. The summed E-state index contributed by atoms with van der Waals surface area (Å²) in [5, 5.41) is 4.81. The number of rotatable bonds is 4. The second-order valence-electron chi connectivity index (χ2n) is 8.84. The SMILES string of the molecule is CC1c2[nH]c3ccccc3c2C(c2ccccc2Cl)CN1CC(=O)NC1CCS(=O)(=O)C1. The van der Waals surface area contributed by atoms with Gasteiger partial charge in [0.2, 0.25) is 5.91 Å². The van der Waals surface area contributed by atoms with Crippen LogP contribution in [0.2, 0.25) is 5.02 Å². The highest BCUT2D eigenvalue weighted by Crippen LogP contribution is 2.44. The summed E-state index contributed by atoms with van der Waals surface area (Å²) >= 11 is 6.61. The summed E-state index contributed by atoms with van der Waals surface area (Å²) < 4.78 is 23.5. The van der Waals surface area contributed by atoms with Crippen LogP contribution >= 0.6 is 11.6 Å². The minimum Gasteiger partial charge on any atom is -0.357 e. The molecule has 2 N–H and O–H groups in total. The summed E-state index contributed by atoms with van der Waals surface area (Å²) in [6.07, 6.45) is 0.484. The van der Waals surface area contributed by atoms with Crippen LogP contribution in [0.4, 0.5) is 0 Å². The molecule has 0 spiro atoms. The zero-order valence-corrected chi connectivity index (χ0v) is 19.4. The molecule has 3 aromatic rings. The number of sulfone groups is 1. The maximum absolute atomic E-state index is 12.8. The molecule has 168 valence electrons. The Hall–Kier alpha value is -2.35. The molecule has 6 nitrogen and oxygen atoms in total. The Balaban J connectivity index is 1.47. The third-order valence-electron chi connectivity index (χ3n) is 6.73. The third kappa shape index (κ3) is 3.93. The van der Waals surface area contributed by atoms with Gasteiger partial charge in [-0.05, 0) is 36.6 Å². The van der Waals surface area contributed by atoms with Crippen molar-refractivity contribution in [2.75, 3.05) is 24.6 Å². The number of para-hydroxylation sites is 1. The van der Waals surface area contributed by atoms with Gasteiger partial charge >= 0.3 is 0 Å². The summed E-state index contributed by atoms with van der Waals surface area (Å²) in [6, 6.07) is 15.8. The van der Waals surface area contributed by atoms with Gasteiger partial charge in [0.1, 0.15) is 0 Å². The number of H-pyrrole nitrogens is 1. The maximum atomic E-state index is 12.8. The second-order valence-corrected chi connectivity index (χ2v) is 11.5. The monoisotopic (exact) mass is 471 g/mol. The highest BCUT2D eigenvalue weighted by Gasteiger charge is 2.37. The first-order valence-electron chi connectivity index (χ1n) is 10.9. The van der Waals surface area contributed by atoms with Crippen LogP contribution in [0.5, 0.6) is 0 Å². The summed E-state index contributed by atoms with van der Waals surface area (Å²) in [7, 11) is -3.04. The van der Waals surface area contributed by atoms with E-state index in [0.717, 1.165) is 16.8 Å². The van der Waals surface area contributed by atoms with Crippen molar-refractivity contribution in [3.05, 3.63) is 70.4 Å². The number of nitrogens with one attached hydrogen (secondary N) is 2. The van der Waals surface area contributed by atoms with Crippen molar-refractivity contribution in [1.29, 1.82) is 0 Å². The van der Waals surface area contributed by atoms with Gasteiger partial charge in [0.05, 0.1) is 18.1 Å². The first-order chi connectivity index (χ1) is 15.3. The molecule has 3 atom stereocenters. The molecule has 2 aliphatic rings. The molecular weight excluding hydrogens is 446 g/mol. The van der Waals surface area contributed by atoms with Crippen LogP contribution < -0.4 is 5.32 Å². The Labute approximate surface area is 192 Å². The topological polar surface area (TPSA) is 82.3 Å². The Morgan fingerprint density at radius 2 is 1.94 bits per heavy atom. The van der Waals surface area contributed by atoms with E-state index in [0.29, 0.717) is 18.0 Å². The molecule has 5 rings (SSSR count). The van der Waals surface area contributed by atoms with Gasteiger partial charge in [0, 0.05) is 46.2 Å². The average molecular weight is 472 g/mol. The number of hydrogen-bond acceptors (Lipinski definition) is 4. The largest absolute Gasteiger partial charge is 0.357 e. The van der Waals surface area contributed by atoms with Gasteiger partial charge in [0.15, 0.2) is 9.84 Å². The normalized spacial score (nSPS) is 25.0. The lowest BCUT2D eigenvalue weighted by Gasteiger charge is -2.38. The Morgan fingerprint density at radius 3 is 2.69 bits per heavy atom. The lowest BCUT2D eigenvalue weighted by molar-refractivity contribution is -0.123. The predicted molar refractivity (Wildman–Crippen MR) is 127 cm³/mol. The Bertz CT molecular complexity index is 1290. The van der Waals surface area contributed by atoms with E-state index < -0.39 is 9.84 Å². The van der Waals surface area contributed by atoms with Crippen molar-refractivity contribution in [3.8, 4) is 0 Å². The van der Waals surface area contributed by atoms with E-state index in [2.05, 4.69) is 40.3 Å². The van der Waals surface area contributed by atoms with E-state index in [9.17, 15) is 13.2 Å². The van der Waals surface area contributed by atoms with Crippen LogP contribution in [-0.4, -0.2) is 54.8 Å². The minimum atomic E-state index is -3.04. The summed E-state index contributed by atoms with van der Waals surface area (Å²) in [5.41, 5.74) is 4.45. The summed E-state index contributed by atoms with van der Waals surface area (Å²) in [6.45, 7) is 2.95. The molecule has 0 aliphatic carbocycles. The lowest BCUT2D eigenvalue weighted by atomic mass is 9.83. The molecule has 1 amide bonds. The molecule has 2 aliphatic heterocycles. The van der Waals surface area contributed by atoms with E-state index >= 15 is 0 Å². The maximum Gasteiger partial charge on any atom is 0.234 e. The van der Waals surface area contributed by atoms with Crippen molar-refractivity contribution in [1.82, 2.24) is 15.2 Å². The predicted octanol–water partition coefficient (Wildman–Crippen LogP) is 3.63. The fourth-order valence-electron chi connectivity index (χ4n) is 5.14. The molecule has 3 unspecified atom stereocenters. The first-order valence-corrected chi connectivity index (χ1v) is 13.1. The zero-order chi connectivity index (χ0) is 22.5. The van der Waals surface area contributed by atoms with Crippen LogP contribution in [0.1, 0.15) is 42.1 Å². The van der Waals surface area contributed by atoms with Gasteiger partial charge in [-0.2, -0.15) is 0 Å². The van der Waals surface area contributed by atoms with Crippen molar-refractivity contribution in [3.63, 3.8) is 0 Å². The van der Waals surface area contributed by atoms with Crippen LogP contribution in [0, 0.1) is 0 Å². The van der Waals surface area contributed by atoms with Crippen molar-refractivity contribution in [2.45, 2.75) is 31.3 Å². The summed E-state index contributed by atoms with van der Waals surface area (Å²) in [5.74, 6) is 0.0514. The van der Waals surface area contributed by atoms with Gasteiger partial charge in [-0.1, -0.05) is 48.0 Å². The molecule has 0 saturated carbocycles. The number of halogens is 1. The molecule has 8 heteroatoms.